The molecular formula is C13H20BrN3OS. The Morgan fingerprint density at radius 3 is 3.16 bits per heavy atom. The number of carbonyl (C=O) groups is 1. The molecular weight excluding hydrogens is 326 g/mol. The van der Waals surface area contributed by atoms with Gasteiger partial charge in [0.2, 0.25) is 0 Å². The van der Waals surface area contributed by atoms with Crippen LogP contribution in [0.15, 0.2) is 0 Å². The molecule has 106 valence electrons. The van der Waals surface area contributed by atoms with E-state index in [2.05, 4.69) is 32.4 Å². The van der Waals surface area contributed by atoms with Crippen LogP contribution in [0.3, 0.4) is 0 Å². The second-order valence-electron chi connectivity index (χ2n) is 5.04. The van der Waals surface area contributed by atoms with Crippen LogP contribution < -0.4 is 0 Å². The van der Waals surface area contributed by atoms with Crippen molar-refractivity contribution in [1.82, 2.24) is 14.5 Å². The Morgan fingerprint density at radius 2 is 2.42 bits per heavy atom. The summed E-state index contributed by atoms with van der Waals surface area (Å²) in [4.78, 5) is 15.3. The van der Waals surface area contributed by atoms with Crippen LogP contribution in [0, 0.1) is 5.92 Å². The van der Waals surface area contributed by atoms with Gasteiger partial charge in [-0.25, -0.2) is 0 Å². The van der Waals surface area contributed by atoms with E-state index in [1.54, 1.807) is 0 Å². The number of halogens is 1. The van der Waals surface area contributed by atoms with Gasteiger partial charge in [-0.15, -0.1) is 5.10 Å². The molecule has 1 fully saturated rings. The van der Waals surface area contributed by atoms with Crippen molar-refractivity contribution >= 4 is 33.4 Å². The van der Waals surface area contributed by atoms with Crippen molar-refractivity contribution in [2.24, 2.45) is 5.92 Å². The minimum atomic E-state index is 0.137. The monoisotopic (exact) mass is 345 g/mol. The first-order chi connectivity index (χ1) is 9.26. The van der Waals surface area contributed by atoms with Gasteiger partial charge in [0, 0.05) is 18.4 Å². The minimum Gasteiger partial charge on any atom is -0.338 e. The molecule has 4 nitrogen and oxygen atoms in total. The Balaban J connectivity index is 2.04. The van der Waals surface area contributed by atoms with Crippen LogP contribution >= 0.6 is 27.5 Å². The molecule has 0 aromatic carbocycles. The van der Waals surface area contributed by atoms with Gasteiger partial charge in [0.1, 0.15) is 4.88 Å². The van der Waals surface area contributed by atoms with Crippen molar-refractivity contribution in [3.63, 3.8) is 0 Å². The summed E-state index contributed by atoms with van der Waals surface area (Å²) in [5.74, 6) is 0.769. The number of rotatable bonds is 5. The van der Waals surface area contributed by atoms with Crippen LogP contribution in [0.4, 0.5) is 0 Å². The highest BCUT2D eigenvalue weighted by Crippen LogP contribution is 2.23. The second kappa shape index (κ2) is 7.33. The highest BCUT2D eigenvalue weighted by molar-refractivity contribution is 9.09. The summed E-state index contributed by atoms with van der Waals surface area (Å²) in [5, 5.41) is 5.11. The Hall–Kier alpha value is -0.490. The van der Waals surface area contributed by atoms with Gasteiger partial charge < -0.3 is 4.90 Å². The summed E-state index contributed by atoms with van der Waals surface area (Å²) in [6.07, 6.45) is 5.33. The summed E-state index contributed by atoms with van der Waals surface area (Å²) < 4.78 is 3.95. The number of aryl methyl sites for hydroxylation is 1. The fourth-order valence-electron chi connectivity index (χ4n) is 2.55. The number of hydrogen-bond donors (Lipinski definition) is 0. The molecule has 1 aliphatic heterocycles. The van der Waals surface area contributed by atoms with Crippen LogP contribution in [0.2, 0.25) is 0 Å². The summed E-state index contributed by atoms with van der Waals surface area (Å²) in [6.45, 7) is 3.86. The third-order valence-electron chi connectivity index (χ3n) is 3.56. The number of aromatic nitrogens is 2. The molecule has 1 aromatic heterocycles. The Bertz CT molecular complexity index is 422. The smallest absolute Gasteiger partial charge is 0.267 e. The minimum absolute atomic E-state index is 0.137. The van der Waals surface area contributed by atoms with Gasteiger partial charge in [-0.2, -0.15) is 0 Å². The molecule has 6 heteroatoms. The van der Waals surface area contributed by atoms with E-state index in [-0.39, 0.29) is 5.91 Å². The summed E-state index contributed by atoms with van der Waals surface area (Å²) in [5.41, 5.74) is 0.875. The zero-order chi connectivity index (χ0) is 13.7. The average molecular weight is 346 g/mol. The van der Waals surface area contributed by atoms with Gasteiger partial charge in [-0.3, -0.25) is 4.79 Å². The lowest BCUT2D eigenvalue weighted by atomic mass is 9.95. The molecule has 1 aromatic rings. The first-order valence-corrected chi connectivity index (χ1v) is 8.82. The van der Waals surface area contributed by atoms with Crippen molar-refractivity contribution < 1.29 is 4.79 Å². The van der Waals surface area contributed by atoms with Crippen molar-refractivity contribution in [2.45, 2.75) is 39.0 Å². The molecule has 0 bridgehead atoms. The topological polar surface area (TPSA) is 46.1 Å². The van der Waals surface area contributed by atoms with E-state index in [1.807, 2.05) is 4.90 Å². The van der Waals surface area contributed by atoms with Crippen molar-refractivity contribution in [1.29, 1.82) is 0 Å². The zero-order valence-electron chi connectivity index (χ0n) is 11.3. The maximum Gasteiger partial charge on any atom is 0.267 e. The van der Waals surface area contributed by atoms with E-state index in [1.165, 1.54) is 18.0 Å². The van der Waals surface area contributed by atoms with E-state index in [9.17, 15) is 4.79 Å². The average Bonchev–Trinajstić information content (AvgIpc) is 2.87. The molecule has 1 amide bonds. The molecule has 1 saturated heterocycles. The lowest BCUT2D eigenvalue weighted by molar-refractivity contribution is 0.0675. The lowest BCUT2D eigenvalue weighted by Crippen LogP contribution is -2.40. The molecule has 0 saturated carbocycles. The van der Waals surface area contributed by atoms with Gasteiger partial charge in [0.15, 0.2) is 0 Å². The SMILES string of the molecule is CCCc1nnsc1C(=O)N1CCCC(CCBr)C1. The van der Waals surface area contributed by atoms with Crippen molar-refractivity contribution in [3.05, 3.63) is 10.6 Å². The third-order valence-corrected chi connectivity index (χ3v) is 4.77. The first-order valence-electron chi connectivity index (χ1n) is 6.92. The second-order valence-corrected chi connectivity index (χ2v) is 6.58. The Labute approximate surface area is 126 Å². The summed E-state index contributed by atoms with van der Waals surface area (Å²) in [6, 6.07) is 0. The van der Waals surface area contributed by atoms with Crippen LogP contribution in [0.25, 0.3) is 0 Å². The predicted molar refractivity (Wildman–Crippen MR) is 80.9 cm³/mol. The molecule has 0 spiro atoms. The van der Waals surface area contributed by atoms with Crippen LogP contribution in [0.1, 0.15) is 48.0 Å². The maximum atomic E-state index is 12.6. The molecule has 1 unspecified atom stereocenters. The highest BCUT2D eigenvalue weighted by atomic mass is 79.9. The third kappa shape index (κ3) is 3.75. The largest absolute Gasteiger partial charge is 0.338 e. The van der Waals surface area contributed by atoms with E-state index in [4.69, 9.17) is 0 Å². The number of hydrogen-bond acceptors (Lipinski definition) is 4. The molecule has 0 N–H and O–H groups in total. The number of carbonyl (C=O) groups excluding carboxylic acids is 1. The number of nitrogens with zero attached hydrogens (tertiary/aromatic N) is 3. The fraction of sp³-hybridized carbons (Fsp3) is 0.769. The number of amides is 1. The maximum absolute atomic E-state index is 12.6. The molecule has 1 aliphatic rings. The molecule has 19 heavy (non-hydrogen) atoms. The van der Waals surface area contributed by atoms with E-state index >= 15 is 0 Å². The van der Waals surface area contributed by atoms with Gasteiger partial charge in [0.25, 0.3) is 5.91 Å². The Kier molecular flexibility index (Phi) is 5.76. The molecule has 0 radical (unpaired) electrons. The van der Waals surface area contributed by atoms with Gasteiger partial charge in [0.05, 0.1) is 5.69 Å². The molecule has 0 aliphatic carbocycles. The zero-order valence-corrected chi connectivity index (χ0v) is 13.7. The summed E-state index contributed by atoms with van der Waals surface area (Å²) >= 11 is 4.74. The fourth-order valence-corrected chi connectivity index (χ4v) is 3.88. The standard InChI is InChI=1S/C13H20BrN3OS/c1-2-4-11-12(19-16-15-11)13(18)17-8-3-5-10(9-17)6-7-14/h10H,2-9H2,1H3. The molecule has 2 heterocycles. The normalized spacial score (nSPS) is 19.7. The predicted octanol–water partition coefficient (Wildman–Crippen LogP) is 3.13. The van der Waals surface area contributed by atoms with E-state index in [0.717, 1.165) is 54.7 Å². The Morgan fingerprint density at radius 1 is 1.58 bits per heavy atom. The van der Waals surface area contributed by atoms with E-state index in [0.29, 0.717) is 5.92 Å². The number of likely N-dealkylation sites (tertiary alicyclic amines) is 1. The van der Waals surface area contributed by atoms with Crippen molar-refractivity contribution in [3.8, 4) is 0 Å². The van der Waals surface area contributed by atoms with Gasteiger partial charge >= 0.3 is 0 Å². The molecule has 2 rings (SSSR count). The van der Waals surface area contributed by atoms with Crippen molar-refractivity contribution in [2.75, 3.05) is 18.4 Å². The number of alkyl halides is 1. The van der Waals surface area contributed by atoms with E-state index < -0.39 is 0 Å². The lowest BCUT2D eigenvalue weighted by Gasteiger charge is -2.32. The van der Waals surface area contributed by atoms with Gasteiger partial charge in [-0.05, 0) is 43.1 Å². The van der Waals surface area contributed by atoms with Crippen LogP contribution in [-0.4, -0.2) is 38.8 Å². The highest BCUT2D eigenvalue weighted by Gasteiger charge is 2.27. The van der Waals surface area contributed by atoms with Crippen LogP contribution in [-0.2, 0) is 6.42 Å². The number of piperidine rings is 1. The quantitative estimate of drug-likeness (QED) is 0.770. The van der Waals surface area contributed by atoms with Crippen LogP contribution in [0.5, 0.6) is 0 Å². The first kappa shape index (κ1) is 14.9. The summed E-state index contributed by atoms with van der Waals surface area (Å²) in [7, 11) is 0. The van der Waals surface area contributed by atoms with Gasteiger partial charge in [-0.1, -0.05) is 33.8 Å². The molecule has 1 atom stereocenters.